The van der Waals surface area contributed by atoms with Gasteiger partial charge < -0.3 is 14.4 Å². The third-order valence-electron chi connectivity index (χ3n) is 3.56. The summed E-state index contributed by atoms with van der Waals surface area (Å²) in [6.07, 6.45) is 1.99. The third kappa shape index (κ3) is 3.72. The summed E-state index contributed by atoms with van der Waals surface area (Å²) < 4.78 is 28.1. The van der Waals surface area contributed by atoms with Gasteiger partial charge in [-0.15, -0.1) is 0 Å². The fraction of sp³-hybridized carbons (Fsp3) is 0.467. The summed E-state index contributed by atoms with van der Waals surface area (Å²) in [5.41, 5.74) is 0. The first kappa shape index (κ1) is 15.2. The molecule has 0 aliphatic carbocycles. The minimum atomic E-state index is -0.245. The molecule has 1 aromatic carbocycles. The number of aromatic nitrogens is 2. The molecule has 7 heteroatoms. The van der Waals surface area contributed by atoms with Crippen LogP contribution in [0.15, 0.2) is 24.3 Å². The van der Waals surface area contributed by atoms with Gasteiger partial charge in [0.25, 0.3) is 0 Å². The fourth-order valence-electron chi connectivity index (χ4n) is 2.43. The standard InChI is InChI=1S/C15H18FN3O2S/c1-20-10-14-17-15(22-18-14)19-8-6-13(7-9-19)21-12-4-2-11(16)3-5-12/h2-5,13H,6-10H2,1H3. The molecular formula is C15H18FN3O2S. The number of benzene rings is 1. The van der Waals surface area contributed by atoms with Crippen molar-refractivity contribution in [2.24, 2.45) is 0 Å². The van der Waals surface area contributed by atoms with Gasteiger partial charge in [-0.3, -0.25) is 0 Å². The first-order valence-electron chi connectivity index (χ1n) is 7.23. The maximum absolute atomic E-state index is 12.9. The molecule has 1 aliphatic heterocycles. The Morgan fingerprint density at radius 1 is 1.27 bits per heavy atom. The second kappa shape index (κ2) is 7.02. The zero-order valence-electron chi connectivity index (χ0n) is 12.4. The number of methoxy groups -OCH3 is 1. The van der Waals surface area contributed by atoms with Crippen molar-refractivity contribution in [2.75, 3.05) is 25.1 Å². The van der Waals surface area contributed by atoms with E-state index in [0.29, 0.717) is 6.61 Å². The molecule has 0 radical (unpaired) electrons. The molecule has 0 atom stereocenters. The number of piperidine rings is 1. The number of rotatable bonds is 5. The Kier molecular flexibility index (Phi) is 4.84. The molecule has 0 bridgehead atoms. The predicted octanol–water partition coefficient (Wildman–Crippen LogP) is 2.87. The van der Waals surface area contributed by atoms with Crippen LogP contribution in [0.3, 0.4) is 0 Å². The van der Waals surface area contributed by atoms with Gasteiger partial charge in [0.2, 0.25) is 5.13 Å². The smallest absolute Gasteiger partial charge is 0.205 e. The van der Waals surface area contributed by atoms with Crippen LogP contribution in [-0.4, -0.2) is 35.7 Å². The SMILES string of the molecule is COCc1nsc(N2CCC(Oc3ccc(F)cc3)CC2)n1. The average molecular weight is 323 g/mol. The zero-order chi connectivity index (χ0) is 15.4. The Morgan fingerprint density at radius 2 is 2.00 bits per heavy atom. The summed E-state index contributed by atoms with van der Waals surface area (Å²) in [4.78, 5) is 6.69. The normalized spacial score (nSPS) is 16.0. The lowest BCUT2D eigenvalue weighted by Crippen LogP contribution is -2.38. The summed E-state index contributed by atoms with van der Waals surface area (Å²) in [5.74, 6) is 1.20. The van der Waals surface area contributed by atoms with Crippen LogP contribution in [0, 0.1) is 5.82 Å². The van der Waals surface area contributed by atoms with Crippen molar-refractivity contribution < 1.29 is 13.9 Å². The largest absolute Gasteiger partial charge is 0.490 e. The van der Waals surface area contributed by atoms with Crippen molar-refractivity contribution in [3.63, 3.8) is 0 Å². The van der Waals surface area contributed by atoms with Gasteiger partial charge in [0.15, 0.2) is 5.82 Å². The zero-order valence-corrected chi connectivity index (χ0v) is 13.2. The van der Waals surface area contributed by atoms with Crippen LogP contribution in [0.4, 0.5) is 9.52 Å². The Balaban J connectivity index is 1.52. The molecule has 1 fully saturated rings. The second-order valence-electron chi connectivity index (χ2n) is 5.18. The number of halogens is 1. The molecule has 0 saturated carbocycles. The van der Waals surface area contributed by atoms with Crippen LogP contribution in [0.5, 0.6) is 5.75 Å². The van der Waals surface area contributed by atoms with Gasteiger partial charge in [-0.2, -0.15) is 4.37 Å². The number of anilines is 1. The van der Waals surface area contributed by atoms with Gasteiger partial charge in [-0.1, -0.05) is 0 Å². The Hall–Kier alpha value is -1.73. The van der Waals surface area contributed by atoms with Crippen LogP contribution < -0.4 is 9.64 Å². The van der Waals surface area contributed by atoms with Gasteiger partial charge in [0.1, 0.15) is 24.3 Å². The van der Waals surface area contributed by atoms with E-state index in [9.17, 15) is 4.39 Å². The van der Waals surface area contributed by atoms with Gasteiger partial charge in [-0.25, -0.2) is 9.37 Å². The summed E-state index contributed by atoms with van der Waals surface area (Å²) in [5, 5.41) is 0.937. The van der Waals surface area contributed by atoms with Gasteiger partial charge in [0, 0.05) is 44.6 Å². The molecule has 118 valence electrons. The van der Waals surface area contributed by atoms with Gasteiger partial charge in [0.05, 0.1) is 0 Å². The molecule has 0 unspecified atom stereocenters. The summed E-state index contributed by atoms with van der Waals surface area (Å²) in [6.45, 7) is 2.21. The van der Waals surface area contributed by atoms with E-state index >= 15 is 0 Å². The fourth-order valence-corrected chi connectivity index (χ4v) is 3.16. The second-order valence-corrected chi connectivity index (χ2v) is 5.91. The topological polar surface area (TPSA) is 47.5 Å². The maximum Gasteiger partial charge on any atom is 0.205 e. The van der Waals surface area contributed by atoms with E-state index in [1.165, 1.54) is 23.7 Å². The van der Waals surface area contributed by atoms with Crippen molar-refractivity contribution in [3.8, 4) is 5.75 Å². The average Bonchev–Trinajstić information content (AvgIpc) is 2.99. The molecule has 0 N–H and O–H groups in total. The Morgan fingerprint density at radius 3 is 2.68 bits per heavy atom. The van der Waals surface area contributed by atoms with Crippen LogP contribution >= 0.6 is 11.5 Å². The Labute approximate surface area is 132 Å². The molecule has 1 aliphatic rings. The van der Waals surface area contributed by atoms with E-state index in [0.717, 1.165) is 42.6 Å². The van der Waals surface area contributed by atoms with Crippen molar-refractivity contribution in [3.05, 3.63) is 35.9 Å². The molecule has 2 heterocycles. The molecule has 0 spiro atoms. The molecule has 0 amide bonds. The lowest BCUT2D eigenvalue weighted by molar-refractivity contribution is 0.170. The summed E-state index contributed by atoms with van der Waals surface area (Å²) in [6, 6.07) is 6.18. The number of hydrogen-bond donors (Lipinski definition) is 0. The summed E-state index contributed by atoms with van der Waals surface area (Å²) in [7, 11) is 1.64. The quantitative estimate of drug-likeness (QED) is 0.847. The highest BCUT2D eigenvalue weighted by atomic mass is 32.1. The van der Waals surface area contributed by atoms with Crippen molar-refractivity contribution in [1.29, 1.82) is 0 Å². The third-order valence-corrected chi connectivity index (χ3v) is 4.37. The number of ether oxygens (including phenoxy) is 2. The van der Waals surface area contributed by atoms with E-state index < -0.39 is 0 Å². The van der Waals surface area contributed by atoms with E-state index in [-0.39, 0.29) is 11.9 Å². The summed E-state index contributed by atoms with van der Waals surface area (Å²) >= 11 is 1.41. The van der Waals surface area contributed by atoms with Crippen LogP contribution in [0.1, 0.15) is 18.7 Å². The molecular weight excluding hydrogens is 305 g/mol. The number of nitrogens with zero attached hydrogens (tertiary/aromatic N) is 3. The van der Waals surface area contributed by atoms with Crippen molar-refractivity contribution in [2.45, 2.75) is 25.6 Å². The highest BCUT2D eigenvalue weighted by Gasteiger charge is 2.23. The van der Waals surface area contributed by atoms with E-state index in [1.54, 1.807) is 19.2 Å². The lowest BCUT2D eigenvalue weighted by Gasteiger charge is -2.31. The van der Waals surface area contributed by atoms with E-state index in [4.69, 9.17) is 9.47 Å². The van der Waals surface area contributed by atoms with Crippen LogP contribution in [-0.2, 0) is 11.3 Å². The first-order chi connectivity index (χ1) is 10.7. The van der Waals surface area contributed by atoms with Crippen molar-refractivity contribution >= 4 is 16.7 Å². The molecule has 3 rings (SSSR count). The van der Waals surface area contributed by atoms with E-state index in [1.807, 2.05) is 0 Å². The number of hydrogen-bond acceptors (Lipinski definition) is 6. The predicted molar refractivity (Wildman–Crippen MR) is 82.9 cm³/mol. The van der Waals surface area contributed by atoms with E-state index in [2.05, 4.69) is 14.3 Å². The van der Waals surface area contributed by atoms with Gasteiger partial charge in [-0.05, 0) is 24.3 Å². The maximum atomic E-state index is 12.9. The monoisotopic (exact) mass is 323 g/mol. The Bertz CT molecular complexity index is 597. The highest BCUT2D eigenvalue weighted by molar-refractivity contribution is 7.09. The minimum Gasteiger partial charge on any atom is -0.490 e. The highest BCUT2D eigenvalue weighted by Crippen LogP contribution is 2.24. The van der Waals surface area contributed by atoms with Crippen molar-refractivity contribution in [1.82, 2.24) is 9.36 Å². The molecule has 1 saturated heterocycles. The van der Waals surface area contributed by atoms with Crippen LogP contribution in [0.25, 0.3) is 0 Å². The van der Waals surface area contributed by atoms with Crippen LogP contribution in [0.2, 0.25) is 0 Å². The molecule has 22 heavy (non-hydrogen) atoms. The first-order valence-corrected chi connectivity index (χ1v) is 8.00. The van der Waals surface area contributed by atoms with Gasteiger partial charge >= 0.3 is 0 Å². The molecule has 1 aromatic heterocycles. The molecule has 2 aromatic rings. The minimum absolute atomic E-state index is 0.160. The lowest BCUT2D eigenvalue weighted by atomic mass is 10.1. The molecule has 5 nitrogen and oxygen atoms in total.